The third kappa shape index (κ3) is 9.59. The van der Waals surface area contributed by atoms with E-state index >= 15 is 0 Å². The Morgan fingerprint density at radius 1 is 1.12 bits per heavy atom. The van der Waals surface area contributed by atoms with Crippen molar-refractivity contribution in [2.45, 2.75) is 42.1 Å². The molecule has 0 aliphatic carbocycles. The van der Waals surface area contributed by atoms with Crippen molar-refractivity contribution in [2.75, 3.05) is 20.0 Å². The number of hydrogen-bond donors (Lipinski definition) is 1. The standard InChI is InChI=1S/C15H15ClFN3O3S2.C12H11F3N4O6S/c1-23-13(21)8-24-12-7-11(10(17)6-9(12)16)18-14-19-4-2-3-5-20(19)15(22)25-14;1-18-10(24-2)16-19(11(18)21)9(20)17-26(22,23)8-6-4-3-5-7(8)25-12(13,14)15/h6-7H,2-5,8H2,1H3;3-6H,1-2H3,(H,17,20)/b18-14-;. The zero-order valence-corrected chi connectivity index (χ0v) is 29.7. The second kappa shape index (κ2) is 16.2. The highest BCUT2D eigenvalue weighted by Crippen LogP contribution is 2.33. The predicted molar refractivity (Wildman–Crippen MR) is 173 cm³/mol. The van der Waals surface area contributed by atoms with Crippen molar-refractivity contribution in [3.63, 3.8) is 0 Å². The highest BCUT2D eigenvalue weighted by molar-refractivity contribution is 8.00. The van der Waals surface area contributed by atoms with E-state index in [0.717, 1.165) is 77.9 Å². The van der Waals surface area contributed by atoms with Crippen molar-refractivity contribution in [2.24, 2.45) is 12.0 Å². The first-order chi connectivity index (χ1) is 23.9. The fraction of sp³-hybridized carbons (Fsp3) is 0.333. The molecule has 0 saturated heterocycles. The first kappa shape index (κ1) is 39.2. The summed E-state index contributed by atoms with van der Waals surface area (Å²) in [7, 11) is -1.15. The number of para-hydroxylation sites is 1. The van der Waals surface area contributed by atoms with Gasteiger partial charge in [0.1, 0.15) is 22.1 Å². The molecule has 276 valence electrons. The van der Waals surface area contributed by atoms with Gasteiger partial charge in [-0.1, -0.05) is 23.7 Å². The molecule has 0 unspecified atom stereocenters. The number of sulfonamides is 1. The van der Waals surface area contributed by atoms with Gasteiger partial charge in [0.2, 0.25) is 4.80 Å². The van der Waals surface area contributed by atoms with Gasteiger partial charge in [0, 0.05) is 25.0 Å². The van der Waals surface area contributed by atoms with Crippen LogP contribution in [0.15, 0.2) is 60.8 Å². The largest absolute Gasteiger partial charge is 0.573 e. The molecule has 51 heavy (non-hydrogen) atoms. The molecule has 5 rings (SSSR count). The number of aromatic nitrogens is 5. The second-order valence-electron chi connectivity index (χ2n) is 9.96. The van der Waals surface area contributed by atoms with Crippen molar-refractivity contribution in [3.8, 4) is 11.8 Å². The lowest BCUT2D eigenvalue weighted by Crippen LogP contribution is -2.40. The fourth-order valence-electron chi connectivity index (χ4n) is 4.25. The number of nitrogens with zero attached hydrogens (tertiary/aromatic N) is 6. The van der Waals surface area contributed by atoms with Gasteiger partial charge >= 0.3 is 34.9 Å². The minimum Gasteiger partial charge on any atom is -0.468 e. The number of alkyl halides is 3. The summed E-state index contributed by atoms with van der Waals surface area (Å²) in [6.07, 6.45) is -3.26. The number of halogens is 5. The maximum Gasteiger partial charge on any atom is 0.573 e. The molecule has 0 radical (unpaired) electrons. The Balaban J connectivity index is 0.000000229. The lowest BCUT2D eigenvalue weighted by Gasteiger charge is -2.15. The molecular formula is C27H26ClF4N7O9S3. The third-order valence-corrected chi connectivity index (χ3v) is 10.3. The molecule has 2 aromatic heterocycles. The normalized spacial score (nSPS) is 13.1. The van der Waals surface area contributed by atoms with Gasteiger partial charge < -0.3 is 14.2 Å². The van der Waals surface area contributed by atoms with E-state index in [1.54, 1.807) is 9.36 Å². The fourth-order valence-corrected chi connectivity index (χ4v) is 7.30. The molecule has 1 amide bonds. The van der Waals surface area contributed by atoms with E-state index in [1.165, 1.54) is 24.9 Å². The van der Waals surface area contributed by atoms with E-state index in [9.17, 15) is 45.2 Å². The molecule has 1 aliphatic heterocycles. The van der Waals surface area contributed by atoms with Crippen molar-refractivity contribution >= 4 is 62.4 Å². The molecule has 1 aliphatic rings. The Morgan fingerprint density at radius 3 is 2.41 bits per heavy atom. The average Bonchev–Trinajstić information content (AvgIpc) is 3.55. The van der Waals surface area contributed by atoms with Gasteiger partial charge in [0.15, 0.2) is 0 Å². The van der Waals surface area contributed by atoms with E-state index in [-0.39, 0.29) is 32.0 Å². The highest BCUT2D eigenvalue weighted by atomic mass is 35.5. The van der Waals surface area contributed by atoms with E-state index in [2.05, 4.69) is 19.6 Å². The summed E-state index contributed by atoms with van der Waals surface area (Å²) < 4.78 is 94.6. The summed E-state index contributed by atoms with van der Waals surface area (Å²) in [5.74, 6) is -1.97. The van der Waals surface area contributed by atoms with Gasteiger partial charge in [-0.3, -0.25) is 14.3 Å². The van der Waals surface area contributed by atoms with Crippen LogP contribution >= 0.6 is 34.7 Å². The van der Waals surface area contributed by atoms with Gasteiger partial charge in [-0.15, -0.1) is 34.7 Å². The first-order valence-corrected chi connectivity index (χ1v) is 17.8. The first-order valence-electron chi connectivity index (χ1n) is 14.1. The number of thioether (sulfide) groups is 1. The third-order valence-electron chi connectivity index (χ3n) is 6.58. The zero-order valence-electron chi connectivity index (χ0n) is 26.5. The summed E-state index contributed by atoms with van der Waals surface area (Å²) in [4.78, 5) is 51.4. The Hall–Kier alpha value is -4.61. The topological polar surface area (TPSA) is 187 Å². The summed E-state index contributed by atoms with van der Waals surface area (Å²) in [5, 5.41) is 3.64. The Morgan fingerprint density at radius 2 is 1.78 bits per heavy atom. The Bertz CT molecular complexity index is 2250. The molecule has 3 heterocycles. The summed E-state index contributed by atoms with van der Waals surface area (Å²) >= 11 is 8.17. The number of methoxy groups -OCH3 is 2. The number of nitrogens with one attached hydrogen (secondary N) is 1. The molecule has 0 spiro atoms. The molecule has 24 heteroatoms. The lowest BCUT2D eigenvalue weighted by atomic mass is 10.3. The number of esters is 1. The lowest BCUT2D eigenvalue weighted by molar-refractivity contribution is -0.275. The van der Waals surface area contributed by atoms with Crippen LogP contribution in [-0.2, 0) is 39.7 Å². The molecule has 1 N–H and O–H groups in total. The van der Waals surface area contributed by atoms with Crippen molar-refractivity contribution < 1.29 is 49.8 Å². The number of benzene rings is 2. The second-order valence-corrected chi connectivity index (χ2v) is 14.0. The maximum absolute atomic E-state index is 14.3. The molecule has 2 aromatic carbocycles. The Labute approximate surface area is 297 Å². The zero-order chi connectivity index (χ0) is 37.7. The molecule has 0 bridgehead atoms. The average molecular weight is 800 g/mol. The Kier molecular flexibility index (Phi) is 12.4. The quantitative estimate of drug-likeness (QED) is 0.157. The van der Waals surface area contributed by atoms with E-state index in [4.69, 9.17) is 16.3 Å². The maximum atomic E-state index is 14.3. The minimum atomic E-state index is -5.15. The van der Waals surface area contributed by atoms with Crippen molar-refractivity contribution in [3.05, 3.63) is 72.2 Å². The molecule has 4 aromatic rings. The number of amides is 1. The summed E-state index contributed by atoms with van der Waals surface area (Å²) in [6, 6.07) is 4.61. The van der Waals surface area contributed by atoms with Crippen molar-refractivity contribution in [1.29, 1.82) is 0 Å². The number of rotatable bonds is 8. The number of carbonyl (C=O) groups excluding carboxylic acids is 2. The van der Waals surface area contributed by atoms with Gasteiger partial charge in [-0.25, -0.2) is 41.4 Å². The monoisotopic (exact) mass is 799 g/mol. The molecule has 0 atom stereocenters. The number of ether oxygens (including phenoxy) is 3. The van der Waals surface area contributed by atoms with E-state index < -0.39 is 50.5 Å². The van der Waals surface area contributed by atoms with Crippen LogP contribution in [0.1, 0.15) is 12.8 Å². The highest BCUT2D eigenvalue weighted by Gasteiger charge is 2.34. The molecule has 0 fully saturated rings. The van der Waals surface area contributed by atoms with Gasteiger partial charge in [0.05, 0.1) is 25.0 Å². The van der Waals surface area contributed by atoms with Gasteiger partial charge in [0.25, 0.3) is 10.0 Å². The van der Waals surface area contributed by atoms with Crippen LogP contribution in [0.3, 0.4) is 0 Å². The van der Waals surface area contributed by atoms with E-state index in [0.29, 0.717) is 22.8 Å². The number of carbonyl (C=O) groups is 2. The van der Waals surface area contributed by atoms with Gasteiger partial charge in [-0.05, 0) is 48.4 Å². The summed E-state index contributed by atoms with van der Waals surface area (Å²) in [6.45, 7) is 1.32. The smallest absolute Gasteiger partial charge is 0.468 e. The SMILES string of the molecule is COC(=O)CSc1cc(/N=c2\sc(=O)n3n2CCCC3)c(F)cc1Cl.COc1nn(C(=O)NS(=O)(=O)c2ccccc2OC(F)(F)F)c(=O)n1C. The van der Waals surface area contributed by atoms with Crippen LogP contribution in [-0.4, -0.2) is 70.5 Å². The van der Waals surface area contributed by atoms with Crippen LogP contribution in [0.5, 0.6) is 11.8 Å². The molecule has 0 saturated carbocycles. The number of hydrogen-bond acceptors (Lipinski definition) is 13. The van der Waals surface area contributed by atoms with Crippen LogP contribution in [0.25, 0.3) is 0 Å². The van der Waals surface area contributed by atoms with Crippen LogP contribution in [0, 0.1) is 5.82 Å². The number of fused-ring (bicyclic) bond motifs is 1. The summed E-state index contributed by atoms with van der Waals surface area (Å²) in [5.41, 5.74) is -0.950. The van der Waals surface area contributed by atoms with Crippen LogP contribution in [0.4, 0.5) is 28.0 Å². The van der Waals surface area contributed by atoms with Gasteiger partial charge in [-0.2, -0.15) is 0 Å². The van der Waals surface area contributed by atoms with Crippen LogP contribution in [0.2, 0.25) is 5.02 Å². The molecular weight excluding hydrogens is 774 g/mol. The van der Waals surface area contributed by atoms with E-state index in [1.807, 2.05) is 0 Å². The predicted octanol–water partition coefficient (Wildman–Crippen LogP) is 3.23. The van der Waals surface area contributed by atoms with Crippen LogP contribution < -0.4 is 29.6 Å². The van der Waals surface area contributed by atoms with Crippen molar-refractivity contribution in [1.82, 2.24) is 28.4 Å². The molecule has 16 nitrogen and oxygen atoms in total. The minimum absolute atomic E-state index is 0.0605.